The van der Waals surface area contributed by atoms with Crippen molar-refractivity contribution in [2.24, 2.45) is 11.8 Å². The molecule has 30 heavy (non-hydrogen) atoms. The number of carbonyl (C=O) groups excluding carboxylic acids is 1. The van der Waals surface area contributed by atoms with Gasteiger partial charge in [-0.2, -0.15) is 0 Å². The maximum absolute atomic E-state index is 13.4. The van der Waals surface area contributed by atoms with E-state index in [0.29, 0.717) is 18.1 Å². The number of hydrogen-bond donors (Lipinski definition) is 0. The average molecular weight is 405 g/mol. The van der Waals surface area contributed by atoms with Crippen LogP contribution in [0.4, 0.5) is 5.69 Å². The molecule has 1 saturated heterocycles. The molecule has 4 unspecified atom stereocenters. The quantitative estimate of drug-likeness (QED) is 0.766. The largest absolute Gasteiger partial charge is 0.496 e. The van der Waals surface area contributed by atoms with Crippen LogP contribution in [-0.2, 0) is 14.3 Å². The Morgan fingerprint density at radius 3 is 2.67 bits per heavy atom. The summed E-state index contributed by atoms with van der Waals surface area (Å²) in [6, 6.07) is 16.1. The third-order valence-electron chi connectivity index (χ3n) is 6.68. The molecule has 4 atom stereocenters. The summed E-state index contributed by atoms with van der Waals surface area (Å²) in [6.07, 6.45) is 3.32. The normalized spacial score (nSPS) is 28.1. The van der Waals surface area contributed by atoms with Crippen LogP contribution >= 0.6 is 0 Å². The van der Waals surface area contributed by atoms with Gasteiger partial charge in [-0.25, -0.2) is 0 Å². The molecule has 1 saturated carbocycles. The molecule has 0 spiro atoms. The van der Waals surface area contributed by atoms with Gasteiger partial charge in [0.1, 0.15) is 18.6 Å². The van der Waals surface area contributed by atoms with E-state index < -0.39 is 0 Å². The lowest BCUT2D eigenvalue weighted by Gasteiger charge is -2.48. The predicted molar refractivity (Wildman–Crippen MR) is 115 cm³/mol. The number of hydrogen-bond acceptors (Lipinski definition) is 5. The summed E-state index contributed by atoms with van der Waals surface area (Å²) in [5.74, 6) is 0.872. The number of nitrogens with zero attached hydrogens (tertiary/aromatic N) is 1. The highest BCUT2D eigenvalue weighted by Crippen LogP contribution is 2.43. The van der Waals surface area contributed by atoms with Gasteiger partial charge in [-0.3, -0.25) is 4.79 Å². The van der Waals surface area contributed by atoms with Crippen LogP contribution in [-0.4, -0.2) is 38.4 Å². The molecule has 2 aliphatic heterocycles. The number of Topliss-reactive ketones (excluding diaryl/α,β-unsaturated/α-hetero) is 1. The van der Waals surface area contributed by atoms with Gasteiger partial charge < -0.3 is 19.1 Å². The second-order valence-electron chi connectivity index (χ2n) is 8.44. The van der Waals surface area contributed by atoms with Gasteiger partial charge in [-0.1, -0.05) is 35.9 Å². The molecule has 5 nitrogen and oxygen atoms in total. The van der Waals surface area contributed by atoms with E-state index in [0.717, 1.165) is 30.6 Å². The van der Waals surface area contributed by atoms with Crippen molar-refractivity contribution in [1.82, 2.24) is 0 Å². The van der Waals surface area contributed by atoms with Crippen LogP contribution in [0.2, 0.25) is 0 Å². The monoisotopic (exact) mass is 405 g/mol. The number of fused-ring (bicyclic) bond motifs is 3. The number of anilines is 1. The minimum absolute atomic E-state index is 0.141. The van der Waals surface area contributed by atoms with Gasteiger partial charge in [0.2, 0.25) is 0 Å². The van der Waals surface area contributed by atoms with Crippen LogP contribution in [0.25, 0.3) is 5.57 Å². The van der Waals surface area contributed by atoms with Crippen LogP contribution < -0.4 is 9.64 Å². The van der Waals surface area contributed by atoms with E-state index in [1.807, 2.05) is 24.3 Å². The molecule has 0 N–H and O–H groups in total. The van der Waals surface area contributed by atoms with E-state index in [1.165, 1.54) is 5.56 Å². The van der Waals surface area contributed by atoms with Crippen LogP contribution in [0.3, 0.4) is 0 Å². The molecule has 156 valence electrons. The fourth-order valence-corrected chi connectivity index (χ4v) is 5.03. The summed E-state index contributed by atoms with van der Waals surface area (Å²) < 4.78 is 17.9. The first kappa shape index (κ1) is 19.2. The number of allylic oxidation sites excluding steroid dienone is 1. The van der Waals surface area contributed by atoms with Gasteiger partial charge >= 0.3 is 0 Å². The number of ketones is 1. The van der Waals surface area contributed by atoms with Crippen LogP contribution in [0, 0.1) is 18.8 Å². The third kappa shape index (κ3) is 3.27. The highest BCUT2D eigenvalue weighted by molar-refractivity contribution is 6.22. The zero-order chi connectivity index (χ0) is 20.7. The molecule has 0 radical (unpaired) electrons. The highest BCUT2D eigenvalue weighted by Gasteiger charge is 2.49. The van der Waals surface area contributed by atoms with Crippen LogP contribution in [0.5, 0.6) is 5.75 Å². The third-order valence-corrected chi connectivity index (χ3v) is 6.68. The second kappa shape index (κ2) is 7.80. The van der Waals surface area contributed by atoms with Gasteiger partial charge in [0, 0.05) is 23.7 Å². The number of ether oxygens (including phenoxy) is 3. The Balaban J connectivity index is 1.40. The first-order valence-electron chi connectivity index (χ1n) is 10.6. The number of para-hydroxylation sites is 1. The van der Waals surface area contributed by atoms with E-state index in [1.54, 1.807) is 13.4 Å². The summed E-state index contributed by atoms with van der Waals surface area (Å²) in [5, 5.41) is 0. The molecule has 2 fully saturated rings. The van der Waals surface area contributed by atoms with E-state index >= 15 is 0 Å². The van der Waals surface area contributed by atoms with Crippen molar-refractivity contribution in [1.29, 1.82) is 0 Å². The highest BCUT2D eigenvalue weighted by atomic mass is 16.5. The van der Waals surface area contributed by atoms with Crippen molar-refractivity contribution in [3.05, 3.63) is 65.9 Å². The first-order valence-corrected chi connectivity index (χ1v) is 10.6. The molecule has 5 heteroatoms. The van der Waals surface area contributed by atoms with Crippen molar-refractivity contribution in [3.8, 4) is 5.75 Å². The molecular formula is C25H27NO4. The molecule has 2 aromatic carbocycles. The molecule has 2 aromatic rings. The Morgan fingerprint density at radius 2 is 1.87 bits per heavy atom. The molecule has 0 amide bonds. The summed E-state index contributed by atoms with van der Waals surface area (Å²) >= 11 is 0. The zero-order valence-corrected chi connectivity index (χ0v) is 17.4. The van der Waals surface area contributed by atoms with Gasteiger partial charge in [0.25, 0.3) is 0 Å². The van der Waals surface area contributed by atoms with E-state index in [-0.39, 0.29) is 29.8 Å². The predicted octanol–water partition coefficient (Wildman–Crippen LogP) is 4.20. The Hall–Kier alpha value is -2.79. The van der Waals surface area contributed by atoms with Crippen molar-refractivity contribution in [2.75, 3.05) is 25.3 Å². The summed E-state index contributed by atoms with van der Waals surface area (Å²) in [7, 11) is 1.63. The lowest BCUT2D eigenvalue weighted by Crippen LogP contribution is -2.56. The molecule has 0 bridgehead atoms. The number of carbonyl (C=O) groups is 1. The molecular weight excluding hydrogens is 378 g/mol. The molecule has 0 aromatic heterocycles. The van der Waals surface area contributed by atoms with Crippen molar-refractivity contribution >= 4 is 17.0 Å². The van der Waals surface area contributed by atoms with Crippen LogP contribution in [0.1, 0.15) is 24.0 Å². The average Bonchev–Trinajstić information content (AvgIpc) is 2.79. The van der Waals surface area contributed by atoms with Crippen LogP contribution in [0.15, 0.2) is 54.8 Å². The van der Waals surface area contributed by atoms with Crippen molar-refractivity contribution < 1.29 is 19.0 Å². The van der Waals surface area contributed by atoms with Gasteiger partial charge in [-0.15, -0.1) is 0 Å². The number of rotatable bonds is 3. The maximum atomic E-state index is 13.4. The fourth-order valence-electron chi connectivity index (χ4n) is 5.03. The lowest BCUT2D eigenvalue weighted by atomic mass is 9.71. The SMILES string of the molecule is COc1ccccc1C1=COC2C(CCC3OCN(c4ccc(C)cc4)CC32)C1=O. The van der Waals surface area contributed by atoms with E-state index in [2.05, 4.69) is 36.1 Å². The molecule has 2 heterocycles. The van der Waals surface area contributed by atoms with Gasteiger partial charge in [0.05, 0.1) is 31.0 Å². The van der Waals surface area contributed by atoms with E-state index in [4.69, 9.17) is 14.2 Å². The van der Waals surface area contributed by atoms with Crippen molar-refractivity contribution in [3.63, 3.8) is 0 Å². The van der Waals surface area contributed by atoms with E-state index in [9.17, 15) is 4.79 Å². The second-order valence-corrected chi connectivity index (χ2v) is 8.44. The zero-order valence-electron chi connectivity index (χ0n) is 17.4. The Kier molecular flexibility index (Phi) is 4.99. The molecule has 1 aliphatic carbocycles. The molecule has 3 aliphatic rings. The minimum atomic E-state index is -0.150. The Labute approximate surface area is 177 Å². The number of methoxy groups -OCH3 is 1. The molecule has 5 rings (SSSR count). The Morgan fingerprint density at radius 1 is 1.07 bits per heavy atom. The minimum Gasteiger partial charge on any atom is -0.496 e. The number of aryl methyl sites for hydroxylation is 1. The van der Waals surface area contributed by atoms with Gasteiger partial charge in [-0.05, 0) is 38.0 Å². The van der Waals surface area contributed by atoms with Crippen molar-refractivity contribution in [2.45, 2.75) is 32.0 Å². The summed E-state index contributed by atoms with van der Waals surface area (Å²) in [6.45, 7) is 3.50. The van der Waals surface area contributed by atoms with Gasteiger partial charge in [0.15, 0.2) is 5.78 Å². The Bertz CT molecular complexity index is 967. The summed E-state index contributed by atoms with van der Waals surface area (Å²) in [5.41, 5.74) is 3.79. The standard InChI is InChI=1S/C25H27NO4/c1-16-7-9-17(10-8-16)26-13-20-23(30-15-26)12-11-19-24(27)21(14-29-25(19)20)18-5-3-4-6-22(18)28-2/h3-10,14,19-20,23,25H,11-13,15H2,1-2H3. The number of benzene rings is 2. The lowest BCUT2D eigenvalue weighted by molar-refractivity contribution is -0.140. The first-order chi connectivity index (χ1) is 14.7. The maximum Gasteiger partial charge on any atom is 0.173 e. The topological polar surface area (TPSA) is 48.0 Å². The summed E-state index contributed by atoms with van der Waals surface area (Å²) in [4.78, 5) is 15.7. The smallest absolute Gasteiger partial charge is 0.173 e. The fraction of sp³-hybridized carbons (Fsp3) is 0.400.